The quantitative estimate of drug-likeness (QED) is 0.420. The van der Waals surface area contributed by atoms with Crippen molar-refractivity contribution in [3.8, 4) is 0 Å². The van der Waals surface area contributed by atoms with Gasteiger partial charge in [0.1, 0.15) is 0 Å². The molecular formula is C20H22ClF3O4. The van der Waals surface area contributed by atoms with Crippen LogP contribution >= 0.6 is 12.4 Å². The van der Waals surface area contributed by atoms with E-state index in [4.69, 9.17) is 9.84 Å². The normalized spacial score (nSPS) is 12.3. The SMILES string of the molecule is CCCCCCC(OC(=O)c1ccc2cc(C(=O)O)ccc2c1)C(F)(F)F.Cl. The lowest BCUT2D eigenvalue weighted by Gasteiger charge is -2.20. The van der Waals surface area contributed by atoms with E-state index in [1.165, 1.54) is 36.4 Å². The first-order valence-corrected chi connectivity index (χ1v) is 8.77. The van der Waals surface area contributed by atoms with E-state index >= 15 is 0 Å². The Balaban J connectivity index is 0.00000392. The van der Waals surface area contributed by atoms with Crippen LogP contribution in [0.1, 0.15) is 59.7 Å². The molecule has 0 aromatic heterocycles. The van der Waals surface area contributed by atoms with Crippen LogP contribution in [0.15, 0.2) is 36.4 Å². The van der Waals surface area contributed by atoms with Crippen molar-refractivity contribution in [1.82, 2.24) is 0 Å². The molecule has 2 aromatic carbocycles. The number of ether oxygens (including phenoxy) is 1. The first-order chi connectivity index (χ1) is 12.7. The number of carboxylic acid groups (broad SMARTS) is 1. The molecule has 154 valence electrons. The summed E-state index contributed by atoms with van der Waals surface area (Å²) in [4.78, 5) is 23.2. The zero-order valence-electron chi connectivity index (χ0n) is 15.3. The molecule has 0 heterocycles. The maximum Gasteiger partial charge on any atom is 0.425 e. The van der Waals surface area contributed by atoms with Gasteiger partial charge in [-0.25, -0.2) is 9.59 Å². The van der Waals surface area contributed by atoms with Crippen molar-refractivity contribution in [2.75, 3.05) is 0 Å². The zero-order chi connectivity index (χ0) is 20.0. The lowest BCUT2D eigenvalue weighted by Crippen LogP contribution is -2.33. The molecule has 0 bridgehead atoms. The van der Waals surface area contributed by atoms with Crippen LogP contribution in [0.25, 0.3) is 10.8 Å². The molecule has 0 saturated carbocycles. The number of hydrogen-bond acceptors (Lipinski definition) is 3. The molecule has 8 heteroatoms. The second-order valence-electron chi connectivity index (χ2n) is 6.37. The van der Waals surface area contributed by atoms with Crippen molar-refractivity contribution in [3.63, 3.8) is 0 Å². The summed E-state index contributed by atoms with van der Waals surface area (Å²) in [6.07, 6.45) is -4.28. The number of carboxylic acids is 1. The van der Waals surface area contributed by atoms with Crippen molar-refractivity contribution in [3.05, 3.63) is 47.5 Å². The molecular weight excluding hydrogens is 397 g/mol. The molecule has 0 aliphatic heterocycles. The summed E-state index contributed by atoms with van der Waals surface area (Å²) in [7, 11) is 0. The molecule has 0 amide bonds. The van der Waals surface area contributed by atoms with E-state index in [1.807, 2.05) is 6.92 Å². The van der Waals surface area contributed by atoms with Gasteiger partial charge in [0.2, 0.25) is 0 Å². The highest BCUT2D eigenvalue weighted by molar-refractivity contribution is 5.98. The molecule has 0 aliphatic rings. The topological polar surface area (TPSA) is 63.6 Å². The third kappa shape index (κ3) is 6.41. The Labute approximate surface area is 167 Å². The second-order valence-corrected chi connectivity index (χ2v) is 6.37. The first kappa shape index (κ1) is 23.8. The van der Waals surface area contributed by atoms with E-state index in [2.05, 4.69) is 0 Å². The maximum atomic E-state index is 13.1. The summed E-state index contributed by atoms with van der Waals surface area (Å²) in [5.74, 6) is -2.13. The van der Waals surface area contributed by atoms with Crippen molar-refractivity contribution in [2.24, 2.45) is 0 Å². The minimum Gasteiger partial charge on any atom is -0.478 e. The molecule has 4 nitrogen and oxygen atoms in total. The Kier molecular flexibility index (Phi) is 8.75. The van der Waals surface area contributed by atoms with Gasteiger partial charge in [0.15, 0.2) is 6.10 Å². The van der Waals surface area contributed by atoms with E-state index in [0.717, 1.165) is 12.8 Å². The summed E-state index contributed by atoms with van der Waals surface area (Å²) in [6, 6.07) is 8.52. The summed E-state index contributed by atoms with van der Waals surface area (Å²) < 4.78 is 44.2. The van der Waals surface area contributed by atoms with Crippen LogP contribution in [0.5, 0.6) is 0 Å². The number of benzene rings is 2. The maximum absolute atomic E-state index is 13.1. The fourth-order valence-corrected chi connectivity index (χ4v) is 2.75. The number of hydrogen-bond donors (Lipinski definition) is 1. The van der Waals surface area contributed by atoms with E-state index in [0.29, 0.717) is 23.6 Å². The molecule has 2 aromatic rings. The van der Waals surface area contributed by atoms with Crippen molar-refractivity contribution in [1.29, 1.82) is 0 Å². The molecule has 0 spiro atoms. The zero-order valence-corrected chi connectivity index (χ0v) is 16.1. The Morgan fingerprint density at radius 2 is 1.57 bits per heavy atom. The second kappa shape index (κ2) is 10.3. The van der Waals surface area contributed by atoms with Gasteiger partial charge in [-0.2, -0.15) is 13.2 Å². The third-order valence-electron chi connectivity index (χ3n) is 4.26. The van der Waals surface area contributed by atoms with Crippen LogP contribution in [0.2, 0.25) is 0 Å². The minimum atomic E-state index is -4.62. The Morgan fingerprint density at radius 3 is 2.11 bits per heavy atom. The number of rotatable bonds is 8. The highest BCUT2D eigenvalue weighted by Gasteiger charge is 2.42. The average molecular weight is 419 g/mol. The van der Waals surface area contributed by atoms with Crippen molar-refractivity contribution < 1.29 is 32.6 Å². The van der Waals surface area contributed by atoms with Gasteiger partial charge < -0.3 is 9.84 Å². The molecule has 0 saturated heterocycles. The molecule has 1 unspecified atom stereocenters. The Bertz CT molecular complexity index is 821. The fraction of sp³-hybridized carbons (Fsp3) is 0.400. The molecule has 28 heavy (non-hydrogen) atoms. The standard InChI is InChI=1S/C20H21F3O4.ClH/c1-2-3-4-5-6-17(20(21,22)23)27-19(26)16-10-8-13-11-15(18(24)25)9-7-14(13)12-16;/h7-12,17H,2-6H2,1H3,(H,24,25);1H. The molecule has 1 atom stereocenters. The molecule has 2 rings (SSSR count). The van der Waals surface area contributed by atoms with E-state index in [-0.39, 0.29) is 30.0 Å². The molecule has 1 N–H and O–H groups in total. The van der Waals surface area contributed by atoms with E-state index < -0.39 is 24.2 Å². The molecule has 0 aliphatic carbocycles. The van der Waals surface area contributed by atoms with Crippen LogP contribution in [-0.4, -0.2) is 29.3 Å². The number of carbonyl (C=O) groups is 2. The summed E-state index contributed by atoms with van der Waals surface area (Å²) in [5, 5.41) is 10.1. The number of esters is 1. The van der Waals surface area contributed by atoms with Gasteiger partial charge in [0.05, 0.1) is 11.1 Å². The predicted octanol–water partition coefficient (Wildman–Crippen LogP) is 6.02. The monoisotopic (exact) mass is 418 g/mol. The van der Waals surface area contributed by atoms with Crippen LogP contribution in [-0.2, 0) is 4.74 Å². The number of alkyl halides is 3. The van der Waals surface area contributed by atoms with Crippen molar-refractivity contribution >= 4 is 35.1 Å². The van der Waals surface area contributed by atoms with Crippen LogP contribution in [0.3, 0.4) is 0 Å². The van der Waals surface area contributed by atoms with Gasteiger partial charge in [-0.05, 0) is 47.9 Å². The van der Waals surface area contributed by atoms with Gasteiger partial charge in [-0.15, -0.1) is 12.4 Å². The van der Waals surface area contributed by atoms with Crippen LogP contribution in [0.4, 0.5) is 13.2 Å². The highest BCUT2D eigenvalue weighted by Crippen LogP contribution is 2.28. The lowest BCUT2D eigenvalue weighted by atomic mass is 10.0. The summed E-state index contributed by atoms with van der Waals surface area (Å²) in [6.45, 7) is 1.96. The smallest absolute Gasteiger partial charge is 0.425 e. The Morgan fingerprint density at radius 1 is 1.00 bits per heavy atom. The molecule has 0 fully saturated rings. The lowest BCUT2D eigenvalue weighted by molar-refractivity contribution is -0.206. The predicted molar refractivity (Wildman–Crippen MR) is 102 cm³/mol. The van der Waals surface area contributed by atoms with Crippen LogP contribution < -0.4 is 0 Å². The minimum absolute atomic E-state index is 0. The van der Waals surface area contributed by atoms with Gasteiger partial charge in [0.25, 0.3) is 0 Å². The van der Waals surface area contributed by atoms with E-state index in [9.17, 15) is 22.8 Å². The number of fused-ring (bicyclic) bond motifs is 1. The van der Waals surface area contributed by atoms with Crippen molar-refractivity contribution in [2.45, 2.75) is 51.3 Å². The van der Waals surface area contributed by atoms with Gasteiger partial charge in [-0.1, -0.05) is 38.3 Å². The number of carbonyl (C=O) groups excluding carboxylic acids is 1. The number of unbranched alkanes of at least 4 members (excludes halogenated alkanes) is 3. The van der Waals surface area contributed by atoms with Gasteiger partial charge in [-0.3, -0.25) is 0 Å². The van der Waals surface area contributed by atoms with Gasteiger partial charge in [0, 0.05) is 0 Å². The largest absolute Gasteiger partial charge is 0.478 e. The fourth-order valence-electron chi connectivity index (χ4n) is 2.75. The third-order valence-corrected chi connectivity index (χ3v) is 4.26. The molecule has 0 radical (unpaired) electrons. The van der Waals surface area contributed by atoms with Gasteiger partial charge >= 0.3 is 18.1 Å². The highest BCUT2D eigenvalue weighted by atomic mass is 35.5. The number of aromatic carboxylic acids is 1. The van der Waals surface area contributed by atoms with Crippen LogP contribution in [0, 0.1) is 0 Å². The van der Waals surface area contributed by atoms with E-state index in [1.54, 1.807) is 0 Å². The first-order valence-electron chi connectivity index (χ1n) is 8.77. The Hall–Kier alpha value is -2.28. The summed E-state index contributed by atoms with van der Waals surface area (Å²) in [5.41, 5.74) is 0.0791. The average Bonchev–Trinajstić information content (AvgIpc) is 2.62. The summed E-state index contributed by atoms with van der Waals surface area (Å²) >= 11 is 0. The number of halogens is 4.